The Hall–Kier alpha value is -4.61. The SMILES string of the molecule is CNC(=O)Nc1ccc2c(c1)C(=O)/C(=C/c1c(-c3c(C)nn(C)c3C)n(CCN(C)CCN(C)C)c3ccc(OC)cc13)O2. The lowest BCUT2D eigenvalue weighted by Gasteiger charge is -2.21. The van der Waals surface area contributed by atoms with E-state index in [9.17, 15) is 9.59 Å². The quantitative estimate of drug-likeness (QED) is 0.258. The van der Waals surface area contributed by atoms with Crippen LogP contribution in [0.1, 0.15) is 27.3 Å². The Morgan fingerprint density at radius 2 is 1.86 bits per heavy atom. The van der Waals surface area contributed by atoms with Crippen LogP contribution in [0.4, 0.5) is 10.5 Å². The van der Waals surface area contributed by atoms with Crippen molar-refractivity contribution in [2.24, 2.45) is 7.05 Å². The Bertz CT molecular complexity index is 1770. The maximum Gasteiger partial charge on any atom is 0.318 e. The lowest BCUT2D eigenvalue weighted by atomic mass is 10.0. The summed E-state index contributed by atoms with van der Waals surface area (Å²) >= 11 is 0. The van der Waals surface area contributed by atoms with Gasteiger partial charge in [0.2, 0.25) is 5.78 Å². The number of methoxy groups -OCH3 is 1. The van der Waals surface area contributed by atoms with Crippen LogP contribution < -0.4 is 20.1 Å². The van der Waals surface area contributed by atoms with Crippen molar-refractivity contribution in [3.8, 4) is 22.8 Å². The first-order valence-corrected chi connectivity index (χ1v) is 14.6. The molecule has 0 saturated carbocycles. The van der Waals surface area contributed by atoms with Crippen LogP contribution in [0, 0.1) is 13.8 Å². The minimum atomic E-state index is -0.368. The second-order valence-electron chi connectivity index (χ2n) is 11.4. The molecule has 2 aromatic heterocycles. The van der Waals surface area contributed by atoms with Crippen LogP contribution >= 0.6 is 0 Å². The van der Waals surface area contributed by atoms with Gasteiger partial charge in [-0.2, -0.15) is 5.10 Å². The van der Waals surface area contributed by atoms with Crippen molar-refractivity contribution in [2.45, 2.75) is 20.4 Å². The number of ketones is 1. The molecular formula is C33H41N7O4. The molecule has 0 saturated heterocycles. The first kappa shape index (κ1) is 30.8. The van der Waals surface area contributed by atoms with Crippen molar-refractivity contribution in [1.29, 1.82) is 0 Å². The molecule has 1 aliphatic rings. The summed E-state index contributed by atoms with van der Waals surface area (Å²) in [5.74, 6) is 1.12. The van der Waals surface area contributed by atoms with E-state index in [0.29, 0.717) is 17.0 Å². The number of benzene rings is 2. The third kappa shape index (κ3) is 5.93. The minimum Gasteiger partial charge on any atom is -0.497 e. The van der Waals surface area contributed by atoms with Gasteiger partial charge < -0.3 is 34.5 Å². The van der Waals surface area contributed by atoms with E-state index in [2.05, 4.69) is 59.1 Å². The van der Waals surface area contributed by atoms with Crippen LogP contribution in [0.15, 0.2) is 42.2 Å². The summed E-state index contributed by atoms with van der Waals surface area (Å²) in [6, 6.07) is 10.7. The number of carbonyl (C=O) groups is 2. The van der Waals surface area contributed by atoms with Gasteiger partial charge in [-0.25, -0.2) is 4.79 Å². The monoisotopic (exact) mass is 599 g/mol. The van der Waals surface area contributed by atoms with Gasteiger partial charge in [-0.3, -0.25) is 9.48 Å². The fourth-order valence-corrected chi connectivity index (χ4v) is 5.60. The number of hydrogen-bond donors (Lipinski definition) is 2. The normalized spacial score (nSPS) is 13.7. The Balaban J connectivity index is 1.67. The van der Waals surface area contributed by atoms with Crippen LogP contribution in [0.3, 0.4) is 0 Å². The highest BCUT2D eigenvalue weighted by atomic mass is 16.5. The zero-order chi connectivity index (χ0) is 31.7. The van der Waals surface area contributed by atoms with Gasteiger partial charge in [-0.15, -0.1) is 0 Å². The molecule has 5 rings (SSSR count). The second-order valence-corrected chi connectivity index (χ2v) is 11.4. The number of hydrogen-bond acceptors (Lipinski definition) is 7. The zero-order valence-electron chi connectivity index (χ0n) is 26.7. The van der Waals surface area contributed by atoms with Crippen LogP contribution in [-0.4, -0.2) is 90.9 Å². The van der Waals surface area contributed by atoms with Gasteiger partial charge in [0.25, 0.3) is 0 Å². The van der Waals surface area contributed by atoms with Crippen LogP contribution in [0.2, 0.25) is 0 Å². The van der Waals surface area contributed by atoms with Crippen LogP contribution in [0.5, 0.6) is 11.5 Å². The van der Waals surface area contributed by atoms with Gasteiger partial charge in [0, 0.05) is 73.7 Å². The number of aryl methyl sites for hydroxylation is 2. The van der Waals surface area contributed by atoms with Crippen molar-refractivity contribution in [2.75, 3.05) is 60.3 Å². The Morgan fingerprint density at radius 1 is 1.09 bits per heavy atom. The standard InChI is InChI=1S/C33H41N7O4/c1-20-30(21(2)39(7)36-20)31-25(19-29-32(41)26-17-22(35-33(42)34-3)9-12-28(26)44-29)24-18-23(43-8)10-11-27(24)40(31)16-15-38(6)14-13-37(4)5/h9-12,17-19H,13-16H2,1-8H3,(H2,34,35,42)/b29-19-. The van der Waals surface area contributed by atoms with Gasteiger partial charge in [-0.1, -0.05) is 0 Å². The van der Waals surface area contributed by atoms with Gasteiger partial charge in [-0.05, 0) is 77.5 Å². The molecule has 2 aromatic carbocycles. The van der Waals surface area contributed by atoms with Crippen LogP contribution in [0.25, 0.3) is 28.2 Å². The number of nitrogens with zero attached hydrogens (tertiary/aromatic N) is 5. The molecule has 44 heavy (non-hydrogen) atoms. The number of urea groups is 1. The summed E-state index contributed by atoms with van der Waals surface area (Å²) < 4.78 is 16.0. The highest BCUT2D eigenvalue weighted by molar-refractivity contribution is 6.16. The number of rotatable bonds is 10. The van der Waals surface area contributed by atoms with Gasteiger partial charge in [0.1, 0.15) is 11.5 Å². The molecule has 2 N–H and O–H groups in total. The van der Waals surface area contributed by atoms with Crippen molar-refractivity contribution in [3.05, 3.63) is 64.7 Å². The summed E-state index contributed by atoms with van der Waals surface area (Å²) in [6.45, 7) is 7.53. The average Bonchev–Trinajstić information content (AvgIpc) is 3.57. The average molecular weight is 600 g/mol. The van der Waals surface area contributed by atoms with Crippen molar-refractivity contribution < 1.29 is 19.1 Å². The predicted octanol–water partition coefficient (Wildman–Crippen LogP) is 4.53. The van der Waals surface area contributed by atoms with Crippen molar-refractivity contribution in [3.63, 3.8) is 0 Å². The molecule has 11 nitrogen and oxygen atoms in total. The first-order valence-electron chi connectivity index (χ1n) is 14.6. The number of amides is 2. The molecule has 0 radical (unpaired) electrons. The third-order valence-electron chi connectivity index (χ3n) is 8.12. The molecule has 2 amide bonds. The van der Waals surface area contributed by atoms with Crippen molar-refractivity contribution >= 4 is 34.5 Å². The highest BCUT2D eigenvalue weighted by Gasteiger charge is 2.30. The molecule has 0 unspecified atom stereocenters. The smallest absolute Gasteiger partial charge is 0.318 e. The molecule has 11 heteroatoms. The molecule has 4 aromatic rings. The molecular weight excluding hydrogens is 558 g/mol. The fourth-order valence-electron chi connectivity index (χ4n) is 5.60. The molecule has 0 aliphatic carbocycles. The molecule has 0 atom stereocenters. The van der Waals surface area contributed by atoms with Crippen LogP contribution in [-0.2, 0) is 13.6 Å². The number of aromatic nitrogens is 3. The van der Waals surface area contributed by atoms with Gasteiger partial charge in [0.15, 0.2) is 5.76 Å². The molecule has 0 fully saturated rings. The number of fused-ring (bicyclic) bond motifs is 2. The van der Waals surface area contributed by atoms with E-state index < -0.39 is 0 Å². The van der Waals surface area contributed by atoms with E-state index in [-0.39, 0.29) is 17.6 Å². The van der Waals surface area contributed by atoms with E-state index in [0.717, 1.165) is 71.0 Å². The van der Waals surface area contributed by atoms with Crippen molar-refractivity contribution in [1.82, 2.24) is 29.5 Å². The summed E-state index contributed by atoms with van der Waals surface area (Å²) in [6.07, 6.45) is 1.84. The number of likely N-dealkylation sites (N-methyl/N-ethyl adjacent to an activating group) is 2. The number of Topliss-reactive ketones (excluding diaryl/α,β-unsaturated/α-hetero) is 1. The number of anilines is 1. The maximum atomic E-state index is 13.7. The number of nitrogens with one attached hydrogen (secondary N) is 2. The van der Waals surface area contributed by atoms with Gasteiger partial charge in [0.05, 0.1) is 24.1 Å². The summed E-state index contributed by atoms with van der Waals surface area (Å²) in [4.78, 5) is 30.1. The number of ether oxygens (including phenoxy) is 2. The molecule has 1 aliphatic heterocycles. The Kier molecular flexibility index (Phi) is 8.80. The number of allylic oxidation sites excluding steroid dienone is 1. The minimum absolute atomic E-state index is 0.211. The first-order chi connectivity index (χ1) is 21.0. The largest absolute Gasteiger partial charge is 0.497 e. The van der Waals surface area contributed by atoms with E-state index in [4.69, 9.17) is 14.6 Å². The van der Waals surface area contributed by atoms with E-state index in [1.807, 2.05) is 36.9 Å². The lowest BCUT2D eigenvalue weighted by Crippen LogP contribution is -2.31. The maximum absolute atomic E-state index is 13.7. The summed E-state index contributed by atoms with van der Waals surface area (Å²) in [7, 11) is 11.4. The van der Waals surface area contributed by atoms with Gasteiger partial charge >= 0.3 is 6.03 Å². The molecule has 0 bridgehead atoms. The highest BCUT2D eigenvalue weighted by Crippen LogP contribution is 2.41. The summed E-state index contributed by atoms with van der Waals surface area (Å²) in [5.41, 5.74) is 6.68. The Labute approximate surface area is 258 Å². The lowest BCUT2D eigenvalue weighted by molar-refractivity contribution is 0.101. The predicted molar refractivity (Wildman–Crippen MR) is 174 cm³/mol. The summed E-state index contributed by atoms with van der Waals surface area (Å²) in [5, 5.41) is 10.9. The zero-order valence-corrected chi connectivity index (χ0v) is 26.7. The van der Waals surface area contributed by atoms with E-state index in [1.54, 1.807) is 25.3 Å². The van der Waals surface area contributed by atoms with E-state index in [1.165, 1.54) is 7.05 Å². The Morgan fingerprint density at radius 3 is 2.52 bits per heavy atom. The molecule has 232 valence electrons. The second kappa shape index (κ2) is 12.6. The molecule has 0 spiro atoms. The fraction of sp³-hybridized carbons (Fsp3) is 0.364. The van der Waals surface area contributed by atoms with E-state index >= 15 is 0 Å². The number of carbonyl (C=O) groups excluding carboxylic acids is 2. The third-order valence-corrected chi connectivity index (χ3v) is 8.12. The molecule has 3 heterocycles. The topological polar surface area (TPSA) is 106 Å².